The number of nitrogens with zero attached hydrogens (tertiary/aromatic N) is 3. The van der Waals surface area contributed by atoms with Gasteiger partial charge < -0.3 is 10.1 Å². The molecule has 0 fully saturated rings. The van der Waals surface area contributed by atoms with Crippen molar-refractivity contribution in [1.82, 2.24) is 20.1 Å². The smallest absolute Gasteiger partial charge is 0.130 e. The minimum absolute atomic E-state index is 0.483. The van der Waals surface area contributed by atoms with Gasteiger partial charge in [-0.25, -0.2) is 0 Å². The number of ether oxygens (including phenoxy) is 1. The van der Waals surface area contributed by atoms with Crippen molar-refractivity contribution >= 4 is 0 Å². The number of nitrogens with one attached hydrogen (secondary N) is 1. The third-order valence-electron chi connectivity index (χ3n) is 3.42. The molecule has 0 bridgehead atoms. The minimum Gasteiger partial charge on any atom is -0.487 e. The van der Waals surface area contributed by atoms with Gasteiger partial charge in [-0.15, -0.1) is 0 Å². The zero-order chi connectivity index (χ0) is 15.7. The summed E-state index contributed by atoms with van der Waals surface area (Å²) in [6.07, 6.45) is 5.54. The van der Waals surface area contributed by atoms with Crippen LogP contribution in [-0.4, -0.2) is 21.3 Å². The first kappa shape index (κ1) is 15.2. The Morgan fingerprint density at radius 1 is 1.04 bits per heavy atom. The Labute approximate surface area is 135 Å². The van der Waals surface area contributed by atoms with E-state index in [1.807, 2.05) is 47.3 Å². The Hall–Kier alpha value is -2.66. The summed E-state index contributed by atoms with van der Waals surface area (Å²) < 4.78 is 7.71. The highest BCUT2D eigenvalue weighted by atomic mass is 16.5. The number of hydrogen-bond donors (Lipinski definition) is 1. The van der Waals surface area contributed by atoms with Gasteiger partial charge in [0.1, 0.15) is 12.4 Å². The first-order valence-corrected chi connectivity index (χ1v) is 7.70. The standard InChI is InChI=1S/C18H20N4O/c1-2-8-20-17(6-1)15-23-18-7-3-5-16(13-18)14-19-10-12-22-11-4-9-21-22/h1-9,11,13,19H,10,12,14-15H2. The van der Waals surface area contributed by atoms with E-state index in [4.69, 9.17) is 4.74 Å². The van der Waals surface area contributed by atoms with E-state index in [9.17, 15) is 0 Å². The normalized spacial score (nSPS) is 10.6. The molecule has 5 nitrogen and oxygen atoms in total. The SMILES string of the molecule is c1ccc(COc2cccc(CNCCn3cccn3)c2)nc1. The maximum absolute atomic E-state index is 5.79. The van der Waals surface area contributed by atoms with Crippen molar-refractivity contribution in [2.45, 2.75) is 19.7 Å². The molecule has 0 spiro atoms. The van der Waals surface area contributed by atoms with Gasteiger partial charge in [0.25, 0.3) is 0 Å². The van der Waals surface area contributed by atoms with E-state index >= 15 is 0 Å². The zero-order valence-corrected chi connectivity index (χ0v) is 12.9. The number of rotatable bonds is 8. The Bertz CT molecular complexity index is 698. The molecule has 1 N–H and O–H groups in total. The van der Waals surface area contributed by atoms with Crippen molar-refractivity contribution in [2.24, 2.45) is 0 Å². The molecule has 0 amide bonds. The molecule has 2 aromatic heterocycles. The Balaban J connectivity index is 1.45. The molecule has 23 heavy (non-hydrogen) atoms. The first-order chi connectivity index (χ1) is 11.4. The van der Waals surface area contributed by atoms with Crippen LogP contribution in [0.3, 0.4) is 0 Å². The topological polar surface area (TPSA) is 52.0 Å². The molecule has 0 saturated heterocycles. The predicted octanol–water partition coefficient (Wildman–Crippen LogP) is 2.65. The summed E-state index contributed by atoms with van der Waals surface area (Å²) in [5, 5.41) is 7.59. The highest BCUT2D eigenvalue weighted by Gasteiger charge is 1.99. The van der Waals surface area contributed by atoms with Crippen molar-refractivity contribution in [2.75, 3.05) is 6.54 Å². The van der Waals surface area contributed by atoms with Gasteiger partial charge in [0.15, 0.2) is 0 Å². The second kappa shape index (κ2) is 8.10. The van der Waals surface area contributed by atoms with E-state index in [1.165, 1.54) is 5.56 Å². The number of aromatic nitrogens is 3. The van der Waals surface area contributed by atoms with E-state index < -0.39 is 0 Å². The molecule has 0 atom stereocenters. The van der Waals surface area contributed by atoms with E-state index in [0.717, 1.165) is 31.1 Å². The van der Waals surface area contributed by atoms with E-state index in [-0.39, 0.29) is 0 Å². The summed E-state index contributed by atoms with van der Waals surface area (Å²) in [6.45, 7) is 3.03. The lowest BCUT2D eigenvalue weighted by molar-refractivity contribution is 0.301. The van der Waals surface area contributed by atoms with Gasteiger partial charge in [-0.1, -0.05) is 18.2 Å². The van der Waals surface area contributed by atoms with E-state index in [1.54, 1.807) is 12.4 Å². The summed E-state index contributed by atoms with van der Waals surface area (Å²) in [4.78, 5) is 4.26. The molecule has 0 aliphatic carbocycles. The second-order valence-corrected chi connectivity index (χ2v) is 5.20. The van der Waals surface area contributed by atoms with E-state index in [0.29, 0.717) is 6.61 Å². The lowest BCUT2D eigenvalue weighted by atomic mass is 10.2. The third kappa shape index (κ3) is 4.93. The minimum atomic E-state index is 0.483. The molecule has 5 heteroatoms. The van der Waals surface area contributed by atoms with Crippen molar-refractivity contribution in [3.05, 3.63) is 78.4 Å². The summed E-state index contributed by atoms with van der Waals surface area (Å²) in [6, 6.07) is 15.9. The second-order valence-electron chi connectivity index (χ2n) is 5.20. The Kier molecular flexibility index (Phi) is 5.37. The molecule has 3 rings (SSSR count). The highest BCUT2D eigenvalue weighted by Crippen LogP contribution is 2.14. The molecule has 0 saturated carbocycles. The number of benzene rings is 1. The molecular formula is C18H20N4O. The predicted molar refractivity (Wildman–Crippen MR) is 88.9 cm³/mol. The molecule has 118 valence electrons. The molecule has 0 aliphatic heterocycles. The maximum atomic E-state index is 5.79. The molecular weight excluding hydrogens is 288 g/mol. The Morgan fingerprint density at radius 3 is 2.87 bits per heavy atom. The zero-order valence-electron chi connectivity index (χ0n) is 12.9. The summed E-state index contributed by atoms with van der Waals surface area (Å²) in [5.74, 6) is 0.863. The van der Waals surface area contributed by atoms with Gasteiger partial charge in [-0.05, 0) is 35.9 Å². The van der Waals surface area contributed by atoms with Gasteiger partial charge >= 0.3 is 0 Å². The van der Waals surface area contributed by atoms with Crippen molar-refractivity contribution in [3.63, 3.8) is 0 Å². The van der Waals surface area contributed by atoms with Gasteiger partial charge in [0.2, 0.25) is 0 Å². The van der Waals surface area contributed by atoms with Gasteiger partial charge in [0.05, 0.1) is 12.2 Å². The lowest BCUT2D eigenvalue weighted by Crippen LogP contribution is -2.19. The van der Waals surface area contributed by atoms with Crippen LogP contribution >= 0.6 is 0 Å². The van der Waals surface area contributed by atoms with Crippen LogP contribution in [0.15, 0.2) is 67.1 Å². The molecule has 0 aliphatic rings. The van der Waals surface area contributed by atoms with Crippen molar-refractivity contribution < 1.29 is 4.74 Å². The number of hydrogen-bond acceptors (Lipinski definition) is 4. The summed E-state index contributed by atoms with van der Waals surface area (Å²) in [5.41, 5.74) is 2.12. The fourth-order valence-corrected chi connectivity index (χ4v) is 2.25. The van der Waals surface area contributed by atoms with Gasteiger partial charge in [-0.2, -0.15) is 5.10 Å². The fraction of sp³-hybridized carbons (Fsp3) is 0.222. The third-order valence-corrected chi connectivity index (χ3v) is 3.42. The average molecular weight is 308 g/mol. The fourth-order valence-electron chi connectivity index (χ4n) is 2.25. The lowest BCUT2D eigenvalue weighted by Gasteiger charge is -2.09. The Morgan fingerprint density at radius 2 is 2.04 bits per heavy atom. The quantitative estimate of drug-likeness (QED) is 0.650. The van der Waals surface area contributed by atoms with Crippen LogP contribution in [0.25, 0.3) is 0 Å². The molecule has 1 aromatic carbocycles. The van der Waals surface area contributed by atoms with Crippen LogP contribution in [0, 0.1) is 0 Å². The summed E-state index contributed by atoms with van der Waals surface area (Å²) in [7, 11) is 0. The monoisotopic (exact) mass is 308 g/mol. The van der Waals surface area contributed by atoms with Gasteiger partial charge in [-0.3, -0.25) is 9.67 Å². The molecule has 2 heterocycles. The van der Waals surface area contributed by atoms with Crippen LogP contribution < -0.4 is 10.1 Å². The highest BCUT2D eigenvalue weighted by molar-refractivity contribution is 5.28. The molecule has 0 unspecified atom stereocenters. The largest absolute Gasteiger partial charge is 0.487 e. The summed E-state index contributed by atoms with van der Waals surface area (Å²) >= 11 is 0. The number of pyridine rings is 1. The van der Waals surface area contributed by atoms with E-state index in [2.05, 4.69) is 27.5 Å². The van der Waals surface area contributed by atoms with Crippen LogP contribution in [-0.2, 0) is 19.7 Å². The average Bonchev–Trinajstić information content (AvgIpc) is 3.12. The van der Waals surface area contributed by atoms with Crippen molar-refractivity contribution in [3.8, 4) is 5.75 Å². The van der Waals surface area contributed by atoms with Crippen LogP contribution in [0.2, 0.25) is 0 Å². The van der Waals surface area contributed by atoms with Gasteiger partial charge in [0, 0.05) is 31.7 Å². The molecule has 0 radical (unpaired) electrons. The van der Waals surface area contributed by atoms with Crippen LogP contribution in [0.5, 0.6) is 5.75 Å². The first-order valence-electron chi connectivity index (χ1n) is 7.70. The van der Waals surface area contributed by atoms with Crippen LogP contribution in [0.1, 0.15) is 11.3 Å². The maximum Gasteiger partial charge on any atom is 0.130 e. The van der Waals surface area contributed by atoms with Crippen molar-refractivity contribution in [1.29, 1.82) is 0 Å². The molecule has 3 aromatic rings. The van der Waals surface area contributed by atoms with Crippen LogP contribution in [0.4, 0.5) is 0 Å².